The molecule has 1 heterocycles. The predicted molar refractivity (Wildman–Crippen MR) is 148 cm³/mol. The lowest BCUT2D eigenvalue weighted by Gasteiger charge is -2.17. The van der Waals surface area contributed by atoms with Gasteiger partial charge in [-0.1, -0.05) is 67.6 Å². The number of allylic oxidation sites excluding steroid dienone is 1. The molecule has 37 heavy (non-hydrogen) atoms. The molecule has 0 fully saturated rings. The van der Waals surface area contributed by atoms with Gasteiger partial charge in [-0.25, -0.2) is 4.79 Å². The second-order valence-electron chi connectivity index (χ2n) is 8.62. The van der Waals surface area contributed by atoms with E-state index in [1.807, 2.05) is 79.0 Å². The maximum atomic E-state index is 10.9. The smallest absolute Gasteiger partial charge is 0.328 e. The van der Waals surface area contributed by atoms with Gasteiger partial charge in [0.1, 0.15) is 11.5 Å². The van der Waals surface area contributed by atoms with E-state index in [0.29, 0.717) is 0 Å². The zero-order chi connectivity index (χ0) is 25.6. The molecule has 0 saturated heterocycles. The molecule has 5 rings (SSSR count). The third-order valence-electron chi connectivity index (χ3n) is 6.16. The van der Waals surface area contributed by atoms with E-state index in [-0.39, 0.29) is 0 Å². The molecule has 0 aliphatic heterocycles. The molecule has 5 aromatic rings. The van der Waals surface area contributed by atoms with E-state index in [1.165, 1.54) is 5.57 Å². The molecule has 4 aromatic carbocycles. The Balaban J connectivity index is 1.63. The number of nitrogens with zero attached hydrogens (tertiary/aromatic N) is 1. The molecule has 2 N–H and O–H groups in total. The quantitative estimate of drug-likeness (QED) is 0.173. The molecule has 0 spiro atoms. The van der Waals surface area contributed by atoms with E-state index in [9.17, 15) is 4.79 Å². The molecule has 0 bridgehead atoms. The average molecular weight is 487 g/mol. The SMILES string of the molecule is CC/C(=C(/c1ccc(/C=C/C(=O)O)cc1)c1ccc2[nH]ncc2c1)c1cccc(Oc2ccccc2)c1. The molecule has 182 valence electrons. The summed E-state index contributed by atoms with van der Waals surface area (Å²) in [6, 6.07) is 32.2. The van der Waals surface area contributed by atoms with Crippen LogP contribution in [0, 0.1) is 0 Å². The highest BCUT2D eigenvalue weighted by Crippen LogP contribution is 2.37. The Morgan fingerprint density at radius 2 is 1.62 bits per heavy atom. The zero-order valence-electron chi connectivity index (χ0n) is 20.4. The first-order valence-corrected chi connectivity index (χ1v) is 12.1. The van der Waals surface area contributed by atoms with Crippen molar-refractivity contribution in [2.45, 2.75) is 13.3 Å². The second-order valence-corrected chi connectivity index (χ2v) is 8.62. The van der Waals surface area contributed by atoms with Crippen molar-refractivity contribution in [3.63, 3.8) is 0 Å². The Kier molecular flexibility index (Phi) is 6.95. The summed E-state index contributed by atoms with van der Waals surface area (Å²) in [5, 5.41) is 17.2. The summed E-state index contributed by atoms with van der Waals surface area (Å²) in [4.78, 5) is 10.9. The van der Waals surface area contributed by atoms with Gasteiger partial charge in [0.05, 0.1) is 11.7 Å². The molecule has 5 heteroatoms. The highest BCUT2D eigenvalue weighted by molar-refractivity contribution is 6.00. The van der Waals surface area contributed by atoms with Crippen LogP contribution in [0.3, 0.4) is 0 Å². The maximum absolute atomic E-state index is 10.9. The maximum Gasteiger partial charge on any atom is 0.328 e. The number of benzene rings is 4. The molecule has 0 unspecified atom stereocenters. The fourth-order valence-electron chi connectivity index (χ4n) is 4.44. The van der Waals surface area contributed by atoms with E-state index in [0.717, 1.165) is 62.7 Å². The number of nitrogens with one attached hydrogen (secondary N) is 1. The van der Waals surface area contributed by atoms with Crippen LogP contribution in [0.25, 0.3) is 28.1 Å². The number of H-pyrrole nitrogens is 1. The summed E-state index contributed by atoms with van der Waals surface area (Å²) in [6.07, 6.45) is 5.37. The number of aliphatic carboxylic acids is 1. The number of para-hydroxylation sites is 1. The van der Waals surface area contributed by atoms with Crippen LogP contribution in [0.5, 0.6) is 11.5 Å². The van der Waals surface area contributed by atoms with E-state index < -0.39 is 5.97 Å². The van der Waals surface area contributed by atoms with Crippen LogP contribution in [-0.4, -0.2) is 21.3 Å². The van der Waals surface area contributed by atoms with Crippen molar-refractivity contribution >= 4 is 34.1 Å². The van der Waals surface area contributed by atoms with Crippen molar-refractivity contribution in [3.05, 3.63) is 132 Å². The molecular weight excluding hydrogens is 460 g/mol. The second kappa shape index (κ2) is 10.8. The fraction of sp³-hybridized carbons (Fsp3) is 0.0625. The highest BCUT2D eigenvalue weighted by atomic mass is 16.5. The third-order valence-corrected chi connectivity index (χ3v) is 6.16. The minimum atomic E-state index is -0.969. The van der Waals surface area contributed by atoms with E-state index in [4.69, 9.17) is 9.84 Å². The Morgan fingerprint density at radius 3 is 2.38 bits per heavy atom. The standard InChI is InChI=1S/C32H26N2O3/c1-2-29(24-7-6-10-28(20-24)37-27-8-4-3-5-9-27)32(25-16-17-30-26(19-25)21-33-34-30)23-14-11-22(12-15-23)13-18-31(35)36/h3-21H,2H2,1H3,(H,33,34)(H,35,36)/b18-13+,32-29+. The van der Waals surface area contributed by atoms with Gasteiger partial charge in [0.2, 0.25) is 0 Å². The van der Waals surface area contributed by atoms with Crippen molar-refractivity contribution in [1.82, 2.24) is 10.2 Å². The average Bonchev–Trinajstić information content (AvgIpc) is 3.40. The minimum absolute atomic E-state index is 0.772. The van der Waals surface area contributed by atoms with Gasteiger partial charge in [-0.3, -0.25) is 5.10 Å². The number of rotatable bonds is 8. The molecule has 5 nitrogen and oxygen atoms in total. The molecular formula is C32H26N2O3. The number of hydrogen-bond acceptors (Lipinski definition) is 3. The van der Waals surface area contributed by atoms with Crippen molar-refractivity contribution < 1.29 is 14.6 Å². The lowest BCUT2D eigenvalue weighted by atomic mass is 9.87. The monoisotopic (exact) mass is 486 g/mol. The van der Waals surface area contributed by atoms with Crippen LogP contribution >= 0.6 is 0 Å². The Hall–Kier alpha value is -4.90. The van der Waals surface area contributed by atoms with Gasteiger partial charge in [0.25, 0.3) is 0 Å². The predicted octanol–water partition coefficient (Wildman–Crippen LogP) is 7.82. The summed E-state index contributed by atoms with van der Waals surface area (Å²) in [5.74, 6) is 0.592. The Labute approximate surface area is 215 Å². The number of hydrogen-bond donors (Lipinski definition) is 2. The highest BCUT2D eigenvalue weighted by Gasteiger charge is 2.15. The molecule has 1 aromatic heterocycles. The van der Waals surface area contributed by atoms with E-state index >= 15 is 0 Å². The van der Waals surface area contributed by atoms with Crippen LogP contribution in [0.2, 0.25) is 0 Å². The molecule has 0 saturated carbocycles. The van der Waals surface area contributed by atoms with Gasteiger partial charge >= 0.3 is 5.97 Å². The van der Waals surface area contributed by atoms with Crippen LogP contribution < -0.4 is 4.74 Å². The first-order valence-electron chi connectivity index (χ1n) is 12.1. The number of carbonyl (C=O) groups is 1. The van der Waals surface area contributed by atoms with Crippen molar-refractivity contribution in [2.75, 3.05) is 0 Å². The fourth-order valence-corrected chi connectivity index (χ4v) is 4.44. The van der Waals surface area contributed by atoms with E-state index in [2.05, 4.69) is 41.4 Å². The van der Waals surface area contributed by atoms with Gasteiger partial charge in [-0.05, 0) is 82.3 Å². The van der Waals surface area contributed by atoms with Gasteiger partial charge in [0, 0.05) is 11.5 Å². The van der Waals surface area contributed by atoms with Crippen molar-refractivity contribution in [2.24, 2.45) is 0 Å². The number of aromatic amines is 1. The topological polar surface area (TPSA) is 75.2 Å². The first-order chi connectivity index (χ1) is 18.1. The molecule has 0 aliphatic carbocycles. The van der Waals surface area contributed by atoms with Crippen molar-refractivity contribution in [1.29, 1.82) is 0 Å². The summed E-state index contributed by atoms with van der Waals surface area (Å²) in [7, 11) is 0. The van der Waals surface area contributed by atoms with Crippen molar-refractivity contribution in [3.8, 4) is 11.5 Å². The number of carboxylic acid groups (broad SMARTS) is 1. The number of carboxylic acids is 1. The third kappa shape index (κ3) is 5.52. The number of ether oxygens (including phenoxy) is 1. The van der Waals surface area contributed by atoms with Gasteiger partial charge < -0.3 is 9.84 Å². The largest absolute Gasteiger partial charge is 0.478 e. The Bertz CT molecular complexity index is 1600. The first kappa shape index (κ1) is 23.8. The normalized spacial score (nSPS) is 12.0. The number of fused-ring (bicyclic) bond motifs is 1. The molecule has 0 radical (unpaired) electrons. The summed E-state index contributed by atoms with van der Waals surface area (Å²) in [5.41, 5.74) is 7.29. The Morgan fingerprint density at radius 1 is 0.865 bits per heavy atom. The molecule has 0 atom stereocenters. The zero-order valence-corrected chi connectivity index (χ0v) is 20.4. The molecule has 0 amide bonds. The van der Waals surface area contributed by atoms with E-state index in [1.54, 1.807) is 6.08 Å². The summed E-state index contributed by atoms with van der Waals surface area (Å²) < 4.78 is 6.12. The van der Waals surface area contributed by atoms with Crippen LogP contribution in [0.15, 0.2) is 109 Å². The van der Waals surface area contributed by atoms with Gasteiger partial charge in [-0.2, -0.15) is 5.10 Å². The summed E-state index contributed by atoms with van der Waals surface area (Å²) in [6.45, 7) is 2.15. The molecule has 0 aliphatic rings. The number of aromatic nitrogens is 2. The van der Waals surface area contributed by atoms with Crippen LogP contribution in [0.4, 0.5) is 0 Å². The van der Waals surface area contributed by atoms with Gasteiger partial charge in [0.15, 0.2) is 0 Å². The van der Waals surface area contributed by atoms with Gasteiger partial charge in [-0.15, -0.1) is 0 Å². The van der Waals surface area contributed by atoms with Crippen LogP contribution in [-0.2, 0) is 4.79 Å². The lowest BCUT2D eigenvalue weighted by Crippen LogP contribution is -1.96. The summed E-state index contributed by atoms with van der Waals surface area (Å²) >= 11 is 0. The minimum Gasteiger partial charge on any atom is -0.478 e. The van der Waals surface area contributed by atoms with Crippen LogP contribution in [0.1, 0.15) is 35.6 Å². The lowest BCUT2D eigenvalue weighted by molar-refractivity contribution is -0.131.